The minimum Gasteiger partial charge on any atom is -0.342 e. The third-order valence-electron chi connectivity index (χ3n) is 4.38. The van der Waals surface area contributed by atoms with Gasteiger partial charge in [-0.1, -0.05) is 6.92 Å². The Bertz CT molecular complexity index is 258. The molecule has 2 rings (SSSR count). The number of piperidine rings is 1. The van der Waals surface area contributed by atoms with Crippen LogP contribution in [0.25, 0.3) is 0 Å². The van der Waals surface area contributed by atoms with Gasteiger partial charge < -0.3 is 10.2 Å². The molecule has 0 atom stereocenters. The van der Waals surface area contributed by atoms with Crippen molar-refractivity contribution in [3.63, 3.8) is 0 Å². The molecule has 17 heavy (non-hydrogen) atoms. The number of nitrogens with zero attached hydrogens (tertiary/aromatic N) is 1. The van der Waals surface area contributed by atoms with Crippen molar-refractivity contribution < 1.29 is 4.79 Å². The first-order chi connectivity index (χ1) is 7.72. The molecule has 1 saturated heterocycles. The summed E-state index contributed by atoms with van der Waals surface area (Å²) in [5.41, 5.74) is 0.0653. The van der Waals surface area contributed by atoms with Crippen LogP contribution >= 0.6 is 12.4 Å². The Morgan fingerprint density at radius 2 is 1.94 bits per heavy atom. The van der Waals surface area contributed by atoms with Crippen molar-refractivity contribution in [3.8, 4) is 0 Å². The zero-order valence-electron chi connectivity index (χ0n) is 11.0. The van der Waals surface area contributed by atoms with E-state index in [1.807, 2.05) is 7.05 Å². The molecule has 0 unspecified atom stereocenters. The van der Waals surface area contributed by atoms with Gasteiger partial charge in [0.25, 0.3) is 0 Å². The summed E-state index contributed by atoms with van der Waals surface area (Å²) >= 11 is 0. The van der Waals surface area contributed by atoms with Gasteiger partial charge in [-0.25, -0.2) is 0 Å². The number of amides is 1. The van der Waals surface area contributed by atoms with Crippen LogP contribution in [-0.4, -0.2) is 37.5 Å². The molecule has 1 aliphatic heterocycles. The van der Waals surface area contributed by atoms with E-state index in [9.17, 15) is 4.79 Å². The fraction of sp³-hybridized carbons (Fsp3) is 0.923. The molecule has 1 aliphatic carbocycles. The van der Waals surface area contributed by atoms with Crippen molar-refractivity contribution in [2.45, 2.75) is 39.0 Å². The fourth-order valence-electron chi connectivity index (χ4n) is 2.83. The van der Waals surface area contributed by atoms with Crippen molar-refractivity contribution in [2.75, 3.05) is 26.7 Å². The summed E-state index contributed by atoms with van der Waals surface area (Å²) in [4.78, 5) is 14.4. The molecule has 0 aromatic rings. The first-order valence-corrected chi connectivity index (χ1v) is 6.66. The number of halogens is 1. The van der Waals surface area contributed by atoms with Crippen molar-refractivity contribution >= 4 is 18.3 Å². The molecule has 0 spiro atoms. The first-order valence-electron chi connectivity index (χ1n) is 6.66. The SMILES string of the molecule is CCC1(C(=O)N2CCC(CNC)CC2)CC1.Cl. The highest BCUT2D eigenvalue weighted by atomic mass is 35.5. The first kappa shape index (κ1) is 14.8. The van der Waals surface area contributed by atoms with E-state index in [1.165, 1.54) is 12.8 Å². The van der Waals surface area contributed by atoms with Gasteiger partial charge in [0.1, 0.15) is 0 Å². The molecule has 1 saturated carbocycles. The highest BCUT2D eigenvalue weighted by Crippen LogP contribution is 2.50. The molecule has 2 fully saturated rings. The van der Waals surface area contributed by atoms with Crippen LogP contribution < -0.4 is 5.32 Å². The third kappa shape index (κ3) is 3.14. The summed E-state index contributed by atoms with van der Waals surface area (Å²) in [7, 11) is 2.01. The highest BCUT2D eigenvalue weighted by Gasteiger charge is 2.50. The van der Waals surface area contributed by atoms with Crippen LogP contribution in [0.4, 0.5) is 0 Å². The second kappa shape index (κ2) is 6.05. The van der Waals surface area contributed by atoms with Gasteiger partial charge in [-0.05, 0) is 51.6 Å². The van der Waals surface area contributed by atoms with Crippen LogP contribution in [0.2, 0.25) is 0 Å². The summed E-state index contributed by atoms with van der Waals surface area (Å²) in [6, 6.07) is 0. The molecule has 1 heterocycles. The van der Waals surface area contributed by atoms with Crippen molar-refractivity contribution in [2.24, 2.45) is 11.3 Å². The summed E-state index contributed by atoms with van der Waals surface area (Å²) in [5.74, 6) is 1.21. The van der Waals surface area contributed by atoms with Crippen LogP contribution in [0.5, 0.6) is 0 Å². The van der Waals surface area contributed by atoms with E-state index in [2.05, 4.69) is 17.1 Å². The van der Waals surface area contributed by atoms with E-state index in [0.29, 0.717) is 5.91 Å². The molecule has 100 valence electrons. The van der Waals surface area contributed by atoms with Gasteiger partial charge in [-0.3, -0.25) is 4.79 Å². The Labute approximate surface area is 111 Å². The molecule has 3 nitrogen and oxygen atoms in total. The summed E-state index contributed by atoms with van der Waals surface area (Å²) in [5, 5.41) is 3.23. The van der Waals surface area contributed by atoms with E-state index in [-0.39, 0.29) is 17.8 Å². The topological polar surface area (TPSA) is 32.3 Å². The predicted molar refractivity (Wildman–Crippen MR) is 72.4 cm³/mol. The number of likely N-dealkylation sites (tertiary alicyclic amines) is 1. The Kier molecular flexibility index (Phi) is 5.26. The number of carbonyl (C=O) groups is 1. The Hall–Kier alpha value is -0.280. The molecule has 1 N–H and O–H groups in total. The summed E-state index contributed by atoms with van der Waals surface area (Å²) in [6.07, 6.45) is 5.62. The zero-order chi connectivity index (χ0) is 11.6. The molecular weight excluding hydrogens is 236 g/mol. The number of hydrogen-bond acceptors (Lipinski definition) is 2. The Morgan fingerprint density at radius 1 is 1.35 bits per heavy atom. The maximum Gasteiger partial charge on any atom is 0.228 e. The van der Waals surface area contributed by atoms with E-state index < -0.39 is 0 Å². The maximum atomic E-state index is 12.3. The van der Waals surface area contributed by atoms with Crippen molar-refractivity contribution in [1.29, 1.82) is 0 Å². The number of hydrogen-bond donors (Lipinski definition) is 1. The average Bonchev–Trinajstić information content (AvgIpc) is 3.10. The smallest absolute Gasteiger partial charge is 0.228 e. The molecule has 4 heteroatoms. The van der Waals surface area contributed by atoms with Gasteiger partial charge in [0.05, 0.1) is 0 Å². The maximum absolute atomic E-state index is 12.3. The monoisotopic (exact) mass is 260 g/mol. The van der Waals surface area contributed by atoms with E-state index in [0.717, 1.165) is 44.8 Å². The standard InChI is InChI=1S/C13H24N2O.ClH/c1-3-13(6-7-13)12(16)15-8-4-11(5-9-15)10-14-2;/h11,14H,3-10H2,1-2H3;1H. The van der Waals surface area contributed by atoms with Gasteiger partial charge >= 0.3 is 0 Å². The Morgan fingerprint density at radius 3 is 2.35 bits per heavy atom. The molecule has 1 amide bonds. The lowest BCUT2D eigenvalue weighted by molar-refractivity contribution is -0.138. The minimum absolute atomic E-state index is 0. The fourth-order valence-corrected chi connectivity index (χ4v) is 2.83. The quantitative estimate of drug-likeness (QED) is 0.839. The van der Waals surface area contributed by atoms with Gasteiger partial charge in [0.15, 0.2) is 0 Å². The molecule has 0 radical (unpaired) electrons. The number of carbonyl (C=O) groups excluding carboxylic acids is 1. The van der Waals surface area contributed by atoms with Crippen LogP contribution in [0.3, 0.4) is 0 Å². The normalized spacial score (nSPS) is 23.1. The van der Waals surface area contributed by atoms with Gasteiger partial charge in [0, 0.05) is 18.5 Å². The number of nitrogens with one attached hydrogen (secondary N) is 1. The second-order valence-corrected chi connectivity index (χ2v) is 5.43. The van der Waals surface area contributed by atoms with E-state index in [4.69, 9.17) is 0 Å². The average molecular weight is 261 g/mol. The number of rotatable bonds is 4. The van der Waals surface area contributed by atoms with Crippen molar-refractivity contribution in [3.05, 3.63) is 0 Å². The van der Waals surface area contributed by atoms with Crippen LogP contribution in [0.1, 0.15) is 39.0 Å². The molecule has 0 aromatic heterocycles. The predicted octanol–water partition coefficient (Wildman–Crippen LogP) is 2.06. The van der Waals surface area contributed by atoms with Crippen molar-refractivity contribution in [1.82, 2.24) is 10.2 Å². The third-order valence-corrected chi connectivity index (χ3v) is 4.38. The summed E-state index contributed by atoms with van der Waals surface area (Å²) in [6.45, 7) is 5.21. The highest BCUT2D eigenvalue weighted by molar-refractivity contribution is 5.85. The largest absolute Gasteiger partial charge is 0.342 e. The molecule has 0 aromatic carbocycles. The van der Waals surface area contributed by atoms with Gasteiger partial charge in [0.2, 0.25) is 5.91 Å². The van der Waals surface area contributed by atoms with Crippen LogP contribution in [0, 0.1) is 11.3 Å². The zero-order valence-corrected chi connectivity index (χ0v) is 11.8. The minimum atomic E-state index is 0. The lowest BCUT2D eigenvalue weighted by Gasteiger charge is -2.34. The lowest BCUT2D eigenvalue weighted by Crippen LogP contribution is -2.43. The second-order valence-electron chi connectivity index (χ2n) is 5.43. The molecule has 2 aliphatic rings. The summed E-state index contributed by atoms with van der Waals surface area (Å²) < 4.78 is 0. The van der Waals surface area contributed by atoms with Gasteiger partial charge in [-0.15, -0.1) is 12.4 Å². The molecular formula is C13H25ClN2O. The lowest BCUT2D eigenvalue weighted by atomic mass is 9.94. The van der Waals surface area contributed by atoms with E-state index >= 15 is 0 Å². The van der Waals surface area contributed by atoms with E-state index in [1.54, 1.807) is 0 Å². The Balaban J connectivity index is 0.00000144. The van der Waals surface area contributed by atoms with Crippen LogP contribution in [0.15, 0.2) is 0 Å². The van der Waals surface area contributed by atoms with Gasteiger partial charge in [-0.2, -0.15) is 0 Å². The van der Waals surface area contributed by atoms with Crippen LogP contribution in [-0.2, 0) is 4.79 Å². The molecule has 0 bridgehead atoms.